The number of alkyl halides is 3. The molecule has 1 aromatic heterocycles. The first-order valence-electron chi connectivity index (χ1n) is 3.53. The largest absolute Gasteiger partial charge is 0.433 e. The summed E-state index contributed by atoms with van der Waals surface area (Å²) in [4.78, 5) is 3.93. The molecule has 1 rings (SSSR count). The molecule has 0 bridgehead atoms. The molecular formula is C8H8F3NS. The molecule has 0 aliphatic rings. The van der Waals surface area contributed by atoms with E-state index in [1.165, 1.54) is 24.9 Å². The molecule has 0 aromatic carbocycles. The van der Waals surface area contributed by atoms with Crippen LogP contribution in [0.25, 0.3) is 0 Å². The molecule has 0 atom stereocenters. The molecule has 72 valence electrons. The molecule has 0 unspecified atom stereocenters. The quantitative estimate of drug-likeness (QED) is 0.656. The predicted molar refractivity (Wildman–Crippen MR) is 45.8 cm³/mol. The van der Waals surface area contributed by atoms with Crippen LogP contribution in [0.4, 0.5) is 13.2 Å². The lowest BCUT2D eigenvalue weighted by Gasteiger charge is -2.10. The lowest BCUT2D eigenvalue weighted by Crippen LogP contribution is -2.10. The Bertz CT molecular complexity index is 309. The van der Waals surface area contributed by atoms with Crippen LogP contribution in [0.2, 0.25) is 0 Å². The molecule has 13 heavy (non-hydrogen) atoms. The monoisotopic (exact) mass is 207 g/mol. The van der Waals surface area contributed by atoms with E-state index in [0.29, 0.717) is 4.90 Å². The van der Waals surface area contributed by atoms with Crippen molar-refractivity contribution in [2.45, 2.75) is 18.0 Å². The van der Waals surface area contributed by atoms with Gasteiger partial charge in [-0.2, -0.15) is 13.2 Å². The molecule has 0 spiro atoms. The van der Waals surface area contributed by atoms with Crippen molar-refractivity contribution in [3.63, 3.8) is 0 Å². The molecule has 1 nitrogen and oxygen atoms in total. The van der Waals surface area contributed by atoms with Gasteiger partial charge in [-0.05, 0) is 24.8 Å². The van der Waals surface area contributed by atoms with Crippen molar-refractivity contribution in [1.29, 1.82) is 0 Å². The van der Waals surface area contributed by atoms with E-state index in [1.807, 2.05) is 0 Å². The molecule has 0 N–H and O–H groups in total. The summed E-state index contributed by atoms with van der Waals surface area (Å²) in [6, 6.07) is 1.58. The minimum Gasteiger partial charge on any atom is -0.251 e. The number of halogens is 3. The zero-order chi connectivity index (χ0) is 10.1. The summed E-state index contributed by atoms with van der Waals surface area (Å²) in [6.45, 7) is 1.43. The maximum Gasteiger partial charge on any atom is 0.433 e. The van der Waals surface area contributed by atoms with Crippen LogP contribution in [0.3, 0.4) is 0 Å². The fraction of sp³-hybridized carbons (Fsp3) is 0.375. The molecule has 0 aliphatic carbocycles. The zero-order valence-electron chi connectivity index (χ0n) is 7.14. The second-order valence-electron chi connectivity index (χ2n) is 2.48. The summed E-state index contributed by atoms with van der Waals surface area (Å²) < 4.78 is 36.9. The van der Waals surface area contributed by atoms with Crippen molar-refractivity contribution in [1.82, 2.24) is 4.98 Å². The van der Waals surface area contributed by atoms with Gasteiger partial charge in [0.25, 0.3) is 0 Å². The topological polar surface area (TPSA) is 12.9 Å². The Morgan fingerprint density at radius 3 is 2.46 bits per heavy atom. The Morgan fingerprint density at radius 2 is 2.00 bits per heavy atom. The van der Waals surface area contributed by atoms with E-state index in [2.05, 4.69) is 4.98 Å². The maximum absolute atomic E-state index is 12.3. The van der Waals surface area contributed by atoms with Gasteiger partial charge in [-0.25, -0.2) is 0 Å². The Hall–Kier alpha value is -0.710. The van der Waals surface area contributed by atoms with E-state index >= 15 is 0 Å². The molecule has 0 amide bonds. The van der Waals surface area contributed by atoms with Crippen molar-refractivity contribution in [3.05, 3.63) is 23.5 Å². The highest BCUT2D eigenvalue weighted by molar-refractivity contribution is 7.98. The highest BCUT2D eigenvalue weighted by atomic mass is 32.2. The van der Waals surface area contributed by atoms with Gasteiger partial charge in [-0.3, -0.25) is 4.98 Å². The van der Waals surface area contributed by atoms with E-state index < -0.39 is 11.9 Å². The standard InChI is InChI=1S/C8H8F3NS/c1-5-6(13-2)3-4-12-7(5)8(9,10)11/h3-4H,1-2H3. The van der Waals surface area contributed by atoms with Gasteiger partial charge in [0.2, 0.25) is 0 Å². The summed E-state index contributed by atoms with van der Waals surface area (Å²) in [5, 5.41) is 0. The second kappa shape index (κ2) is 3.57. The van der Waals surface area contributed by atoms with Crippen LogP contribution in [0, 0.1) is 6.92 Å². The molecule has 0 saturated carbocycles. The third kappa shape index (κ3) is 2.15. The number of hydrogen-bond acceptors (Lipinski definition) is 2. The first-order chi connectivity index (χ1) is 5.96. The number of aromatic nitrogens is 1. The molecule has 0 aliphatic heterocycles. The minimum atomic E-state index is -4.35. The van der Waals surface area contributed by atoms with Crippen LogP contribution in [0.1, 0.15) is 11.3 Å². The molecule has 5 heteroatoms. The van der Waals surface area contributed by atoms with Gasteiger partial charge in [0.1, 0.15) is 5.69 Å². The lowest BCUT2D eigenvalue weighted by atomic mass is 10.2. The second-order valence-corrected chi connectivity index (χ2v) is 3.33. The van der Waals surface area contributed by atoms with Crippen LogP contribution in [0.5, 0.6) is 0 Å². The van der Waals surface area contributed by atoms with Crippen molar-refractivity contribution in [3.8, 4) is 0 Å². The summed E-state index contributed by atoms with van der Waals surface area (Å²) in [7, 11) is 0. The summed E-state index contributed by atoms with van der Waals surface area (Å²) in [5.41, 5.74) is -0.596. The molecule has 1 heterocycles. The fourth-order valence-corrected chi connectivity index (χ4v) is 1.62. The van der Waals surface area contributed by atoms with Gasteiger partial charge in [-0.15, -0.1) is 11.8 Å². The third-order valence-electron chi connectivity index (χ3n) is 1.64. The van der Waals surface area contributed by atoms with Crippen molar-refractivity contribution < 1.29 is 13.2 Å². The molecule has 0 saturated heterocycles. The van der Waals surface area contributed by atoms with Gasteiger partial charge in [0.05, 0.1) is 0 Å². The van der Waals surface area contributed by atoms with Crippen LogP contribution >= 0.6 is 11.8 Å². The van der Waals surface area contributed by atoms with E-state index in [-0.39, 0.29) is 5.56 Å². The summed E-state index contributed by atoms with van der Waals surface area (Å²) >= 11 is 1.29. The zero-order valence-corrected chi connectivity index (χ0v) is 7.96. The van der Waals surface area contributed by atoms with Crippen LogP contribution in [-0.2, 0) is 6.18 Å². The van der Waals surface area contributed by atoms with E-state index in [9.17, 15) is 13.2 Å². The Kier molecular flexibility index (Phi) is 2.85. The smallest absolute Gasteiger partial charge is 0.251 e. The molecular weight excluding hydrogens is 199 g/mol. The number of hydrogen-bond donors (Lipinski definition) is 0. The van der Waals surface area contributed by atoms with E-state index in [1.54, 1.807) is 12.3 Å². The van der Waals surface area contributed by atoms with Crippen LogP contribution in [0.15, 0.2) is 17.2 Å². The SMILES string of the molecule is CSc1ccnc(C(F)(F)F)c1C. The molecule has 0 radical (unpaired) electrons. The highest BCUT2D eigenvalue weighted by Gasteiger charge is 2.34. The third-order valence-corrected chi connectivity index (χ3v) is 2.52. The van der Waals surface area contributed by atoms with Crippen LogP contribution < -0.4 is 0 Å². The van der Waals surface area contributed by atoms with Gasteiger partial charge in [0, 0.05) is 11.1 Å². The maximum atomic E-state index is 12.3. The van der Waals surface area contributed by atoms with Gasteiger partial charge in [0.15, 0.2) is 0 Å². The van der Waals surface area contributed by atoms with Crippen LogP contribution in [-0.4, -0.2) is 11.2 Å². The Balaban J connectivity index is 3.24. The van der Waals surface area contributed by atoms with Gasteiger partial charge >= 0.3 is 6.18 Å². The minimum absolute atomic E-state index is 0.197. The first-order valence-corrected chi connectivity index (χ1v) is 4.76. The summed E-state index contributed by atoms with van der Waals surface area (Å²) in [6.07, 6.45) is -1.43. The van der Waals surface area contributed by atoms with E-state index in [4.69, 9.17) is 0 Å². The van der Waals surface area contributed by atoms with Gasteiger partial charge in [-0.1, -0.05) is 0 Å². The number of pyridine rings is 1. The first kappa shape index (κ1) is 10.4. The van der Waals surface area contributed by atoms with Crippen molar-refractivity contribution in [2.24, 2.45) is 0 Å². The average molecular weight is 207 g/mol. The summed E-state index contributed by atoms with van der Waals surface area (Å²) in [5.74, 6) is 0. The average Bonchev–Trinajstić information content (AvgIpc) is 2.02. The fourth-order valence-electron chi connectivity index (χ4n) is 1.02. The predicted octanol–water partition coefficient (Wildman–Crippen LogP) is 3.13. The normalized spacial score (nSPS) is 11.8. The number of nitrogens with zero attached hydrogens (tertiary/aromatic N) is 1. The van der Waals surface area contributed by atoms with E-state index in [0.717, 1.165) is 0 Å². The lowest BCUT2D eigenvalue weighted by molar-refractivity contribution is -0.141. The van der Waals surface area contributed by atoms with Gasteiger partial charge < -0.3 is 0 Å². The Morgan fingerprint density at radius 1 is 1.38 bits per heavy atom. The Labute approximate surface area is 78.4 Å². The number of rotatable bonds is 1. The van der Waals surface area contributed by atoms with Crippen molar-refractivity contribution in [2.75, 3.05) is 6.26 Å². The molecule has 1 aromatic rings. The number of thioether (sulfide) groups is 1. The van der Waals surface area contributed by atoms with Crippen molar-refractivity contribution >= 4 is 11.8 Å². The molecule has 0 fully saturated rings. The highest BCUT2D eigenvalue weighted by Crippen LogP contribution is 2.33.